The van der Waals surface area contributed by atoms with Gasteiger partial charge in [-0.1, -0.05) is 12.1 Å². The number of hydrogen-bond acceptors (Lipinski definition) is 5. The van der Waals surface area contributed by atoms with Gasteiger partial charge in [0, 0.05) is 6.54 Å². The van der Waals surface area contributed by atoms with Crippen LogP contribution in [0.1, 0.15) is 0 Å². The Labute approximate surface area is 98.2 Å². The number of morpholine rings is 1. The molecule has 0 unspecified atom stereocenters. The molecule has 0 N–H and O–H groups in total. The number of nitrogens with zero attached hydrogens (tertiary/aromatic N) is 3. The number of nitriles is 1. The highest BCUT2D eigenvalue weighted by Gasteiger charge is 2.23. The topological polar surface area (TPSA) is 62.3 Å². The van der Waals surface area contributed by atoms with E-state index < -0.39 is 6.10 Å². The zero-order valence-electron chi connectivity index (χ0n) is 9.17. The summed E-state index contributed by atoms with van der Waals surface area (Å²) in [5.74, 6) is 0. The molecule has 5 nitrogen and oxygen atoms in total. The Bertz CT molecular complexity index is 539. The number of anilines is 1. The molecule has 2 aromatic rings. The van der Waals surface area contributed by atoms with E-state index in [1.807, 2.05) is 29.2 Å². The van der Waals surface area contributed by atoms with Crippen molar-refractivity contribution in [1.82, 2.24) is 4.98 Å². The summed E-state index contributed by atoms with van der Waals surface area (Å²) < 4.78 is 10.9. The van der Waals surface area contributed by atoms with Gasteiger partial charge in [-0.05, 0) is 12.1 Å². The zero-order chi connectivity index (χ0) is 11.7. The van der Waals surface area contributed by atoms with E-state index in [0.717, 1.165) is 11.1 Å². The number of aromatic nitrogens is 1. The van der Waals surface area contributed by atoms with Crippen molar-refractivity contribution < 1.29 is 9.15 Å². The summed E-state index contributed by atoms with van der Waals surface area (Å²) in [6.45, 7) is 1.73. The minimum Gasteiger partial charge on any atom is -0.423 e. The molecule has 17 heavy (non-hydrogen) atoms. The average Bonchev–Trinajstić information content (AvgIpc) is 2.82. The van der Waals surface area contributed by atoms with Gasteiger partial charge in [0.15, 0.2) is 11.7 Å². The van der Waals surface area contributed by atoms with Crippen LogP contribution in [0, 0.1) is 11.3 Å². The van der Waals surface area contributed by atoms with Crippen molar-refractivity contribution >= 4 is 17.1 Å². The van der Waals surface area contributed by atoms with Crippen molar-refractivity contribution in [3.63, 3.8) is 0 Å². The minimum absolute atomic E-state index is 0.404. The van der Waals surface area contributed by atoms with Gasteiger partial charge in [0.25, 0.3) is 6.01 Å². The molecule has 1 saturated heterocycles. The van der Waals surface area contributed by atoms with Crippen LogP contribution in [0.15, 0.2) is 28.7 Å². The summed E-state index contributed by atoms with van der Waals surface area (Å²) >= 11 is 0. The molecular weight excluding hydrogens is 218 g/mol. The molecule has 86 valence electrons. The summed E-state index contributed by atoms with van der Waals surface area (Å²) in [6, 6.07) is 10.3. The Kier molecular flexibility index (Phi) is 2.42. The first-order valence-electron chi connectivity index (χ1n) is 5.48. The van der Waals surface area contributed by atoms with Crippen molar-refractivity contribution in [3.05, 3.63) is 24.3 Å². The molecule has 1 aromatic heterocycles. The fraction of sp³-hybridized carbons (Fsp3) is 0.333. The first kappa shape index (κ1) is 10.1. The Hall–Kier alpha value is -2.06. The third kappa shape index (κ3) is 1.83. The fourth-order valence-electron chi connectivity index (χ4n) is 1.90. The van der Waals surface area contributed by atoms with E-state index in [9.17, 15) is 0 Å². The zero-order valence-corrected chi connectivity index (χ0v) is 9.17. The van der Waals surface area contributed by atoms with Crippen LogP contribution in [0.3, 0.4) is 0 Å². The molecule has 0 bridgehead atoms. The highest BCUT2D eigenvalue weighted by molar-refractivity contribution is 5.74. The summed E-state index contributed by atoms with van der Waals surface area (Å²) in [6.07, 6.45) is -0.404. The molecule has 1 aliphatic rings. The summed E-state index contributed by atoms with van der Waals surface area (Å²) in [5.41, 5.74) is 1.60. The smallest absolute Gasteiger partial charge is 0.298 e. The quantitative estimate of drug-likeness (QED) is 0.742. The molecule has 0 aliphatic carbocycles. The summed E-state index contributed by atoms with van der Waals surface area (Å²) in [7, 11) is 0. The summed E-state index contributed by atoms with van der Waals surface area (Å²) in [5, 5.41) is 8.84. The number of ether oxygens (including phenoxy) is 1. The van der Waals surface area contributed by atoms with Gasteiger partial charge in [-0.25, -0.2) is 0 Å². The lowest BCUT2D eigenvalue weighted by Crippen LogP contribution is -2.42. The van der Waals surface area contributed by atoms with Crippen molar-refractivity contribution in [3.8, 4) is 6.07 Å². The van der Waals surface area contributed by atoms with Crippen molar-refractivity contribution in [2.45, 2.75) is 6.10 Å². The van der Waals surface area contributed by atoms with Crippen LogP contribution >= 0.6 is 0 Å². The van der Waals surface area contributed by atoms with Gasteiger partial charge in [-0.3, -0.25) is 0 Å². The molecule has 0 spiro atoms. The fourth-order valence-corrected chi connectivity index (χ4v) is 1.90. The molecule has 0 amide bonds. The number of para-hydroxylation sites is 2. The van der Waals surface area contributed by atoms with E-state index in [1.165, 1.54) is 0 Å². The lowest BCUT2D eigenvalue weighted by Gasteiger charge is -2.28. The Balaban J connectivity index is 1.90. The molecule has 1 atom stereocenters. The Morgan fingerprint density at radius 3 is 3.12 bits per heavy atom. The highest BCUT2D eigenvalue weighted by Crippen LogP contribution is 2.22. The van der Waals surface area contributed by atoms with Crippen molar-refractivity contribution in [2.24, 2.45) is 0 Å². The maximum atomic E-state index is 8.84. The van der Waals surface area contributed by atoms with Crippen LogP contribution < -0.4 is 4.90 Å². The lowest BCUT2D eigenvalue weighted by molar-refractivity contribution is 0.0745. The van der Waals surface area contributed by atoms with E-state index >= 15 is 0 Å². The molecule has 3 rings (SSSR count). The number of fused-ring (bicyclic) bond motifs is 1. The van der Waals surface area contributed by atoms with Crippen molar-refractivity contribution in [2.75, 3.05) is 24.6 Å². The number of benzene rings is 1. The molecule has 1 fully saturated rings. The number of hydrogen-bond donors (Lipinski definition) is 0. The van der Waals surface area contributed by atoms with Crippen LogP contribution in [0.4, 0.5) is 6.01 Å². The maximum Gasteiger partial charge on any atom is 0.298 e. The minimum atomic E-state index is -0.404. The van der Waals surface area contributed by atoms with Crippen LogP contribution in [-0.4, -0.2) is 30.8 Å². The highest BCUT2D eigenvalue weighted by atomic mass is 16.5. The van der Waals surface area contributed by atoms with Gasteiger partial charge >= 0.3 is 0 Å². The third-order valence-corrected chi connectivity index (χ3v) is 2.76. The number of rotatable bonds is 1. The first-order chi connectivity index (χ1) is 8.36. The van der Waals surface area contributed by atoms with Gasteiger partial charge in [0.1, 0.15) is 5.52 Å². The second kappa shape index (κ2) is 4.07. The van der Waals surface area contributed by atoms with Crippen LogP contribution in [0.25, 0.3) is 11.1 Å². The molecule has 1 aromatic carbocycles. The van der Waals surface area contributed by atoms with E-state index in [2.05, 4.69) is 11.1 Å². The average molecular weight is 229 g/mol. The van der Waals surface area contributed by atoms with E-state index in [0.29, 0.717) is 25.7 Å². The lowest BCUT2D eigenvalue weighted by atomic mass is 10.3. The van der Waals surface area contributed by atoms with E-state index in [4.69, 9.17) is 14.4 Å². The normalized spacial score (nSPS) is 20.4. The van der Waals surface area contributed by atoms with Crippen LogP contribution in [-0.2, 0) is 4.74 Å². The first-order valence-corrected chi connectivity index (χ1v) is 5.48. The number of oxazole rings is 1. The largest absolute Gasteiger partial charge is 0.423 e. The van der Waals surface area contributed by atoms with Gasteiger partial charge < -0.3 is 14.1 Å². The van der Waals surface area contributed by atoms with Gasteiger partial charge in [-0.2, -0.15) is 10.2 Å². The van der Waals surface area contributed by atoms with Gasteiger partial charge in [-0.15, -0.1) is 0 Å². The molecule has 0 radical (unpaired) electrons. The standard InChI is InChI=1S/C12H11N3O2/c13-7-9-8-15(5-6-16-9)12-14-10-3-1-2-4-11(10)17-12/h1-4,9H,5-6,8H2/t9-/m1/s1. The predicted molar refractivity (Wildman–Crippen MR) is 61.6 cm³/mol. The van der Waals surface area contributed by atoms with Crippen molar-refractivity contribution in [1.29, 1.82) is 5.26 Å². The molecular formula is C12H11N3O2. The Morgan fingerprint density at radius 1 is 1.41 bits per heavy atom. The summed E-state index contributed by atoms with van der Waals surface area (Å²) in [4.78, 5) is 6.34. The molecule has 0 saturated carbocycles. The predicted octanol–water partition coefficient (Wildman–Crippen LogP) is 1.56. The SMILES string of the molecule is N#C[C@@H]1CN(c2nc3ccccc3o2)CCO1. The monoisotopic (exact) mass is 229 g/mol. The molecule has 2 heterocycles. The van der Waals surface area contributed by atoms with Crippen LogP contribution in [0.2, 0.25) is 0 Å². The van der Waals surface area contributed by atoms with E-state index in [-0.39, 0.29) is 0 Å². The maximum absolute atomic E-state index is 8.84. The second-order valence-corrected chi connectivity index (χ2v) is 3.90. The molecule has 1 aliphatic heterocycles. The molecule has 5 heteroatoms. The Morgan fingerprint density at radius 2 is 2.29 bits per heavy atom. The third-order valence-electron chi connectivity index (χ3n) is 2.76. The van der Waals surface area contributed by atoms with Gasteiger partial charge in [0.2, 0.25) is 0 Å². The van der Waals surface area contributed by atoms with Crippen LogP contribution in [0.5, 0.6) is 0 Å². The van der Waals surface area contributed by atoms with E-state index in [1.54, 1.807) is 0 Å². The second-order valence-electron chi connectivity index (χ2n) is 3.90. The van der Waals surface area contributed by atoms with Gasteiger partial charge in [0.05, 0.1) is 19.2 Å².